The van der Waals surface area contributed by atoms with Crippen LogP contribution < -0.4 is 76.1 Å². The van der Waals surface area contributed by atoms with Gasteiger partial charge < -0.3 is 86.3 Å². The Labute approximate surface area is 486 Å². The fourth-order valence-corrected chi connectivity index (χ4v) is 8.38. The van der Waals surface area contributed by atoms with E-state index in [1.807, 2.05) is 20.1 Å². The molecule has 0 bridgehead atoms. The number of hydrogen-bond donors (Lipinski definition) is 16. The number of carbonyl (C=O) groups is 12. The molecule has 0 spiro atoms. The van der Waals surface area contributed by atoms with Crippen molar-refractivity contribution in [1.82, 2.24) is 53.2 Å². The number of nitrogens with two attached hydrogens (primary N) is 4. The first kappa shape index (κ1) is 71.4. The fourth-order valence-electron chi connectivity index (χ4n) is 7.90. The van der Waals surface area contributed by atoms with Gasteiger partial charge in [0.2, 0.25) is 70.9 Å². The highest BCUT2D eigenvalue weighted by molar-refractivity contribution is 7.98. The largest absolute Gasteiger partial charge is 0.394 e. The van der Waals surface area contributed by atoms with Crippen molar-refractivity contribution in [2.24, 2.45) is 28.9 Å². The summed E-state index contributed by atoms with van der Waals surface area (Å²) in [4.78, 5) is 159. The molecule has 28 nitrogen and oxygen atoms in total. The lowest BCUT2D eigenvalue weighted by Crippen LogP contribution is -2.60. The molecular formula is C54H84N14O14S. The van der Waals surface area contributed by atoms with E-state index in [-0.39, 0.29) is 44.6 Å². The Morgan fingerprint density at radius 2 is 0.964 bits per heavy atom. The highest BCUT2D eigenvalue weighted by Gasteiger charge is 2.34. The third-order valence-electron chi connectivity index (χ3n) is 12.6. The molecule has 10 atom stereocenters. The number of aliphatic hydroxyl groups excluding tert-OH is 2. The summed E-state index contributed by atoms with van der Waals surface area (Å²) >= 11 is 1.45. The number of primary amides is 2. The van der Waals surface area contributed by atoms with E-state index in [4.69, 9.17) is 22.9 Å². The second kappa shape index (κ2) is 38.1. The van der Waals surface area contributed by atoms with Gasteiger partial charge in [-0.25, -0.2) is 0 Å². The number of rotatable bonds is 39. The topological polar surface area (TPSA) is 470 Å². The highest BCUT2D eigenvalue weighted by atomic mass is 32.2. The van der Waals surface area contributed by atoms with Crippen LogP contribution in [0, 0.1) is 5.92 Å². The van der Waals surface area contributed by atoms with Crippen LogP contribution in [0.5, 0.6) is 0 Å². The van der Waals surface area contributed by atoms with Crippen molar-refractivity contribution in [2.75, 3.05) is 38.2 Å². The molecule has 0 fully saturated rings. The first-order chi connectivity index (χ1) is 39.3. The normalized spacial score (nSPS) is 14.6. The number of hydrogen-bond acceptors (Lipinski definition) is 17. The molecule has 83 heavy (non-hydrogen) atoms. The number of amides is 12. The van der Waals surface area contributed by atoms with E-state index >= 15 is 0 Å². The van der Waals surface area contributed by atoms with Gasteiger partial charge in [0.05, 0.1) is 25.8 Å². The minimum atomic E-state index is -1.77. The molecular weight excluding hydrogens is 1100 g/mol. The maximum Gasteiger partial charge on any atom is 0.245 e. The Balaban J connectivity index is 2.34. The third kappa shape index (κ3) is 27.7. The lowest BCUT2D eigenvalue weighted by molar-refractivity contribution is -0.136. The minimum Gasteiger partial charge on any atom is -0.394 e. The molecule has 460 valence electrons. The second-order valence-electron chi connectivity index (χ2n) is 20.1. The van der Waals surface area contributed by atoms with Crippen molar-refractivity contribution < 1.29 is 67.7 Å². The van der Waals surface area contributed by atoms with Crippen molar-refractivity contribution in [3.05, 3.63) is 71.8 Å². The van der Waals surface area contributed by atoms with Crippen molar-refractivity contribution in [2.45, 2.75) is 146 Å². The zero-order chi connectivity index (χ0) is 62.2. The molecule has 0 aromatic heterocycles. The Morgan fingerprint density at radius 1 is 0.518 bits per heavy atom. The van der Waals surface area contributed by atoms with Gasteiger partial charge in [0, 0.05) is 19.3 Å². The molecule has 0 aliphatic rings. The van der Waals surface area contributed by atoms with Gasteiger partial charge in [0.15, 0.2) is 0 Å². The standard InChI is InChI=1S/C54H84N14O14S/c1-30(2)24-38(51(79)64-35(46(58)74)21-23-83-5)63-44(73)27-59-48(76)39(25-33-14-8-6-9-15-33)66-52(80)40(26-34-16-10-7-11-17-34)67-50(78)37(19-20-42(56)71)65-53(81)41(29-69)68-47(75)31(3)61-49(77)36(18-12-13-22-55)62-43(72)28-60-54(82)45(57)32(4)70/h6-11,14-17,30-32,35-41,45,69-70H,12-13,18-29,55,57H2,1-5H3,(H2,56,71)(H2,58,74)(H,59,76)(H,60,82)(H,61,77)(H,62,72)(H,63,73)(H,64,79)(H,65,81)(H,66,80)(H,67,78)(H,68,75). The summed E-state index contributed by atoms with van der Waals surface area (Å²) in [7, 11) is 0. The van der Waals surface area contributed by atoms with Crippen molar-refractivity contribution >= 4 is 82.6 Å². The number of aliphatic hydroxyl groups is 2. The maximum absolute atomic E-state index is 14.4. The molecule has 2 aromatic rings. The fraction of sp³-hybridized carbons (Fsp3) is 0.556. The van der Waals surface area contributed by atoms with Crippen LogP contribution >= 0.6 is 11.8 Å². The third-order valence-corrected chi connectivity index (χ3v) is 13.3. The molecule has 12 amide bonds. The average Bonchev–Trinajstić information content (AvgIpc) is 3.47. The molecule has 10 unspecified atom stereocenters. The smallest absolute Gasteiger partial charge is 0.245 e. The maximum atomic E-state index is 14.4. The van der Waals surface area contributed by atoms with Gasteiger partial charge in [-0.15, -0.1) is 0 Å². The van der Waals surface area contributed by atoms with Crippen LogP contribution in [0.2, 0.25) is 0 Å². The number of benzene rings is 2. The van der Waals surface area contributed by atoms with E-state index in [1.54, 1.807) is 60.7 Å². The summed E-state index contributed by atoms with van der Waals surface area (Å²) in [5.41, 5.74) is 23.3. The number of thioether (sulfide) groups is 1. The van der Waals surface area contributed by atoms with Gasteiger partial charge in [0.25, 0.3) is 0 Å². The molecule has 0 saturated heterocycles. The average molecular weight is 1190 g/mol. The quantitative estimate of drug-likeness (QED) is 0.0279. The molecule has 20 N–H and O–H groups in total. The summed E-state index contributed by atoms with van der Waals surface area (Å²) in [6.07, 6.45) is 0.726. The zero-order valence-corrected chi connectivity index (χ0v) is 48.4. The van der Waals surface area contributed by atoms with E-state index < -0.39 is 164 Å². The highest BCUT2D eigenvalue weighted by Crippen LogP contribution is 2.11. The molecule has 0 radical (unpaired) electrons. The van der Waals surface area contributed by atoms with Gasteiger partial charge >= 0.3 is 0 Å². The monoisotopic (exact) mass is 1180 g/mol. The summed E-state index contributed by atoms with van der Waals surface area (Å²) in [6.45, 7) is 4.14. The van der Waals surface area contributed by atoms with Crippen LogP contribution in [0.25, 0.3) is 0 Å². The predicted molar refractivity (Wildman–Crippen MR) is 307 cm³/mol. The first-order valence-corrected chi connectivity index (χ1v) is 28.5. The lowest BCUT2D eigenvalue weighted by Gasteiger charge is -2.27. The zero-order valence-electron chi connectivity index (χ0n) is 47.5. The number of nitrogens with one attached hydrogen (secondary N) is 10. The first-order valence-electron chi connectivity index (χ1n) is 27.2. The van der Waals surface area contributed by atoms with Crippen LogP contribution in [0.4, 0.5) is 0 Å². The van der Waals surface area contributed by atoms with Crippen LogP contribution in [-0.4, -0.2) is 180 Å². The number of unbranched alkanes of at least 4 members (excludes halogenated alkanes) is 1. The molecule has 2 rings (SSSR count). The van der Waals surface area contributed by atoms with Crippen molar-refractivity contribution in [3.63, 3.8) is 0 Å². The van der Waals surface area contributed by atoms with Crippen LogP contribution in [0.15, 0.2) is 60.7 Å². The molecule has 29 heteroatoms. The summed E-state index contributed by atoms with van der Waals surface area (Å²) in [5, 5.41) is 44.6. The molecule has 0 aliphatic heterocycles. The Bertz CT molecular complexity index is 2480. The Morgan fingerprint density at radius 3 is 1.46 bits per heavy atom. The van der Waals surface area contributed by atoms with E-state index in [1.165, 1.54) is 25.6 Å². The Hall–Kier alpha value is -7.73. The van der Waals surface area contributed by atoms with Crippen LogP contribution in [0.1, 0.15) is 83.8 Å². The van der Waals surface area contributed by atoms with E-state index in [2.05, 4.69) is 53.2 Å². The van der Waals surface area contributed by atoms with Gasteiger partial charge in [-0.3, -0.25) is 57.5 Å². The lowest BCUT2D eigenvalue weighted by atomic mass is 10.0. The van der Waals surface area contributed by atoms with Gasteiger partial charge in [-0.2, -0.15) is 11.8 Å². The summed E-state index contributed by atoms with van der Waals surface area (Å²) < 4.78 is 0. The van der Waals surface area contributed by atoms with Gasteiger partial charge in [-0.05, 0) is 88.0 Å². The van der Waals surface area contributed by atoms with E-state index in [0.717, 1.165) is 0 Å². The summed E-state index contributed by atoms with van der Waals surface area (Å²) in [5.74, 6) is -9.96. The molecule has 2 aromatic carbocycles. The van der Waals surface area contributed by atoms with E-state index in [9.17, 15) is 67.7 Å². The second-order valence-corrected chi connectivity index (χ2v) is 21.1. The Kier molecular flexibility index (Phi) is 32.8. The van der Waals surface area contributed by atoms with Crippen LogP contribution in [0.3, 0.4) is 0 Å². The SMILES string of the molecule is CSCCC(NC(=O)C(CC(C)C)NC(=O)CNC(=O)C(Cc1ccccc1)NC(=O)C(Cc1ccccc1)NC(=O)C(CCC(N)=O)NC(=O)C(CO)NC(=O)C(C)NC(=O)C(CCCCN)NC(=O)CNC(=O)C(N)C(C)O)C(N)=O. The predicted octanol–water partition coefficient (Wildman–Crippen LogP) is -5.02. The number of carbonyl (C=O) groups excluding carboxylic acids is 12. The van der Waals surface area contributed by atoms with E-state index in [0.29, 0.717) is 29.7 Å². The van der Waals surface area contributed by atoms with Crippen molar-refractivity contribution in [1.29, 1.82) is 0 Å². The summed E-state index contributed by atoms with van der Waals surface area (Å²) in [6, 6.07) is 4.55. The molecule has 0 aliphatic carbocycles. The molecule has 0 heterocycles. The van der Waals surface area contributed by atoms with Gasteiger partial charge in [0.1, 0.15) is 54.4 Å². The van der Waals surface area contributed by atoms with Gasteiger partial charge in [-0.1, -0.05) is 74.5 Å². The minimum absolute atomic E-state index is 0.0588. The van der Waals surface area contributed by atoms with Crippen LogP contribution in [-0.2, 0) is 70.4 Å². The van der Waals surface area contributed by atoms with Crippen molar-refractivity contribution in [3.8, 4) is 0 Å². The molecule has 0 saturated carbocycles.